The fourth-order valence-corrected chi connectivity index (χ4v) is 4.64. The minimum Gasteiger partial charge on any atom is -0.302 e. The van der Waals surface area contributed by atoms with E-state index in [0.29, 0.717) is 11.6 Å². The zero-order chi connectivity index (χ0) is 15.2. The molecule has 22 heavy (non-hydrogen) atoms. The van der Waals surface area contributed by atoms with Crippen LogP contribution in [0.1, 0.15) is 6.42 Å². The Labute approximate surface area is 141 Å². The number of carbonyl (C=O) groups is 1. The summed E-state index contributed by atoms with van der Waals surface area (Å²) in [4.78, 5) is 20.7. The van der Waals surface area contributed by atoms with Crippen LogP contribution in [-0.2, 0) is 4.79 Å². The van der Waals surface area contributed by atoms with Gasteiger partial charge in [-0.05, 0) is 0 Å². The van der Waals surface area contributed by atoms with Crippen LogP contribution < -0.4 is 5.32 Å². The quantitative estimate of drug-likeness (QED) is 0.887. The van der Waals surface area contributed by atoms with Gasteiger partial charge in [0.15, 0.2) is 5.13 Å². The van der Waals surface area contributed by atoms with Crippen molar-refractivity contribution in [1.29, 1.82) is 0 Å². The minimum atomic E-state index is 0.00468. The second-order valence-corrected chi connectivity index (χ2v) is 7.83. The van der Waals surface area contributed by atoms with Crippen molar-refractivity contribution in [2.24, 2.45) is 4.99 Å². The fraction of sp³-hybridized carbons (Fsp3) is 0.267. The smallest absolute Gasteiger partial charge is 0.226 e. The highest BCUT2D eigenvalue weighted by Crippen LogP contribution is 2.25. The predicted octanol–water partition coefficient (Wildman–Crippen LogP) is 3.97. The van der Waals surface area contributed by atoms with Gasteiger partial charge >= 0.3 is 0 Å². The molecule has 114 valence electrons. The van der Waals surface area contributed by atoms with Gasteiger partial charge in [-0.15, -0.1) is 11.3 Å². The van der Waals surface area contributed by atoms with E-state index in [0.717, 1.165) is 33.7 Å². The van der Waals surface area contributed by atoms with E-state index in [4.69, 9.17) is 0 Å². The lowest BCUT2D eigenvalue weighted by atomic mass is 10.2. The molecule has 7 heteroatoms. The molecule has 1 aromatic heterocycles. The van der Waals surface area contributed by atoms with E-state index in [-0.39, 0.29) is 5.91 Å². The Kier molecular flexibility index (Phi) is 5.53. The highest BCUT2D eigenvalue weighted by atomic mass is 32.2. The number of amides is 1. The standard InChI is InChI=1S/C15H15N3OS3/c19-13(6-8-20-15-16-7-9-21-15)18-14-17-12(10-22-14)11-4-2-1-3-5-11/h1-5,10H,6-9H2,(H,17,18,19). The summed E-state index contributed by atoms with van der Waals surface area (Å²) in [5.74, 6) is 1.83. The molecule has 0 saturated heterocycles. The van der Waals surface area contributed by atoms with Gasteiger partial charge in [-0.3, -0.25) is 9.79 Å². The van der Waals surface area contributed by atoms with E-state index in [9.17, 15) is 4.79 Å². The van der Waals surface area contributed by atoms with Crippen molar-refractivity contribution in [3.8, 4) is 11.3 Å². The molecule has 0 fully saturated rings. The van der Waals surface area contributed by atoms with Crippen LogP contribution in [0.25, 0.3) is 11.3 Å². The lowest BCUT2D eigenvalue weighted by molar-refractivity contribution is -0.115. The number of anilines is 1. The maximum atomic E-state index is 11.9. The number of nitrogens with one attached hydrogen (secondary N) is 1. The number of rotatable bonds is 5. The fourth-order valence-electron chi connectivity index (χ4n) is 1.89. The first-order valence-corrected chi connectivity index (χ1v) is 9.77. The molecular formula is C15H15N3OS3. The van der Waals surface area contributed by atoms with Gasteiger partial charge in [0.2, 0.25) is 5.91 Å². The highest BCUT2D eigenvalue weighted by Gasteiger charge is 2.10. The Morgan fingerprint density at radius 2 is 2.18 bits per heavy atom. The first-order chi connectivity index (χ1) is 10.8. The molecule has 0 atom stereocenters. The molecule has 4 nitrogen and oxygen atoms in total. The number of aliphatic imine (C=N–C) groups is 1. The molecule has 0 radical (unpaired) electrons. The molecule has 1 amide bonds. The number of aromatic nitrogens is 1. The molecule has 3 rings (SSSR count). The van der Waals surface area contributed by atoms with E-state index < -0.39 is 0 Å². The van der Waals surface area contributed by atoms with Crippen molar-refractivity contribution in [2.75, 3.05) is 23.4 Å². The third kappa shape index (κ3) is 4.34. The molecule has 1 aromatic carbocycles. The Bertz CT molecular complexity index is 670. The Morgan fingerprint density at radius 3 is 2.95 bits per heavy atom. The Morgan fingerprint density at radius 1 is 1.32 bits per heavy atom. The number of thioether (sulfide) groups is 2. The number of thiazole rings is 1. The van der Waals surface area contributed by atoms with Crippen molar-refractivity contribution in [3.05, 3.63) is 35.7 Å². The van der Waals surface area contributed by atoms with E-state index in [2.05, 4.69) is 15.3 Å². The van der Waals surface area contributed by atoms with Crippen molar-refractivity contribution in [1.82, 2.24) is 4.98 Å². The van der Waals surface area contributed by atoms with Crippen LogP contribution in [0.2, 0.25) is 0 Å². The van der Waals surface area contributed by atoms with Crippen LogP contribution in [0, 0.1) is 0 Å². The number of hydrogen-bond acceptors (Lipinski definition) is 6. The average Bonchev–Trinajstić information content (AvgIpc) is 3.20. The van der Waals surface area contributed by atoms with E-state index in [1.807, 2.05) is 35.7 Å². The van der Waals surface area contributed by atoms with Gasteiger partial charge in [0.25, 0.3) is 0 Å². The topological polar surface area (TPSA) is 54.4 Å². The Balaban J connectivity index is 1.48. The van der Waals surface area contributed by atoms with Gasteiger partial charge in [0, 0.05) is 28.9 Å². The van der Waals surface area contributed by atoms with Crippen LogP contribution in [0.4, 0.5) is 5.13 Å². The Hall–Kier alpha value is -1.31. The molecule has 0 spiro atoms. The maximum Gasteiger partial charge on any atom is 0.226 e. The van der Waals surface area contributed by atoms with Crippen molar-refractivity contribution in [2.45, 2.75) is 6.42 Å². The second kappa shape index (κ2) is 7.80. The van der Waals surface area contributed by atoms with Crippen LogP contribution in [0.15, 0.2) is 40.7 Å². The van der Waals surface area contributed by atoms with Crippen molar-refractivity contribution < 1.29 is 4.79 Å². The molecular weight excluding hydrogens is 334 g/mol. The van der Waals surface area contributed by atoms with Gasteiger partial charge in [-0.2, -0.15) is 0 Å². The lowest BCUT2D eigenvalue weighted by Crippen LogP contribution is -2.12. The minimum absolute atomic E-state index is 0.00468. The zero-order valence-electron chi connectivity index (χ0n) is 11.8. The summed E-state index contributed by atoms with van der Waals surface area (Å²) in [6, 6.07) is 9.96. The largest absolute Gasteiger partial charge is 0.302 e. The van der Waals surface area contributed by atoms with Gasteiger partial charge < -0.3 is 5.32 Å². The van der Waals surface area contributed by atoms with Gasteiger partial charge in [-0.25, -0.2) is 4.98 Å². The summed E-state index contributed by atoms with van der Waals surface area (Å²) in [6.07, 6.45) is 0.477. The number of benzene rings is 1. The normalized spacial score (nSPS) is 13.9. The summed E-state index contributed by atoms with van der Waals surface area (Å²) in [6.45, 7) is 0.903. The third-order valence-electron chi connectivity index (χ3n) is 2.93. The molecule has 0 bridgehead atoms. The number of carbonyl (C=O) groups excluding carboxylic acids is 1. The van der Waals surface area contributed by atoms with Crippen molar-refractivity contribution in [3.63, 3.8) is 0 Å². The first-order valence-electron chi connectivity index (χ1n) is 6.92. The molecule has 0 aliphatic carbocycles. The molecule has 0 saturated carbocycles. The molecule has 2 aromatic rings. The highest BCUT2D eigenvalue weighted by molar-refractivity contribution is 8.39. The van der Waals surface area contributed by atoms with Gasteiger partial charge in [0.05, 0.1) is 12.2 Å². The average molecular weight is 350 g/mol. The summed E-state index contributed by atoms with van der Waals surface area (Å²) in [7, 11) is 0. The summed E-state index contributed by atoms with van der Waals surface area (Å²) in [5.41, 5.74) is 1.96. The SMILES string of the molecule is O=C(CCSC1=NCCS1)Nc1nc(-c2ccccc2)cs1. The van der Waals surface area contributed by atoms with E-state index in [1.165, 1.54) is 11.3 Å². The predicted molar refractivity (Wildman–Crippen MR) is 98.0 cm³/mol. The van der Waals surface area contributed by atoms with Crippen molar-refractivity contribution >= 4 is 50.3 Å². The first kappa shape index (κ1) is 15.6. The number of nitrogens with zero attached hydrogens (tertiary/aromatic N) is 2. The molecule has 0 unspecified atom stereocenters. The lowest BCUT2D eigenvalue weighted by Gasteiger charge is -2.01. The van der Waals surface area contributed by atoms with E-state index >= 15 is 0 Å². The summed E-state index contributed by atoms with van der Waals surface area (Å²) >= 11 is 4.88. The van der Waals surface area contributed by atoms with Gasteiger partial charge in [-0.1, -0.05) is 53.9 Å². The molecule has 1 aliphatic rings. The van der Waals surface area contributed by atoms with Gasteiger partial charge in [0.1, 0.15) is 4.38 Å². The van der Waals surface area contributed by atoms with E-state index in [1.54, 1.807) is 23.5 Å². The number of hydrogen-bond donors (Lipinski definition) is 1. The molecule has 1 aliphatic heterocycles. The van der Waals surface area contributed by atoms with Crippen LogP contribution >= 0.6 is 34.9 Å². The summed E-state index contributed by atoms with van der Waals surface area (Å²) in [5, 5.41) is 5.48. The molecule has 1 N–H and O–H groups in total. The zero-order valence-corrected chi connectivity index (χ0v) is 14.3. The van der Waals surface area contributed by atoms with Crippen LogP contribution in [0.5, 0.6) is 0 Å². The summed E-state index contributed by atoms with van der Waals surface area (Å²) < 4.78 is 1.11. The maximum absolute atomic E-state index is 11.9. The van der Waals surface area contributed by atoms with Crippen LogP contribution in [-0.4, -0.2) is 33.3 Å². The second-order valence-electron chi connectivity index (χ2n) is 4.55. The third-order valence-corrected chi connectivity index (χ3v) is 5.94. The molecule has 2 heterocycles. The van der Waals surface area contributed by atoms with Crippen LogP contribution in [0.3, 0.4) is 0 Å². The monoisotopic (exact) mass is 349 g/mol.